The van der Waals surface area contributed by atoms with Gasteiger partial charge in [0.1, 0.15) is 0 Å². The highest BCUT2D eigenvalue weighted by Gasteiger charge is 2.21. The van der Waals surface area contributed by atoms with Crippen molar-refractivity contribution >= 4 is 21.6 Å². The number of nitrogens with one attached hydrogen (secondary N) is 1. The number of nitrogens with zero attached hydrogens (tertiary/aromatic N) is 3. The Bertz CT molecular complexity index is 621. The van der Waals surface area contributed by atoms with Gasteiger partial charge in [-0.1, -0.05) is 6.08 Å². The third-order valence-corrected chi connectivity index (χ3v) is 6.27. The minimum atomic E-state index is -2.99. The first-order valence-electron chi connectivity index (χ1n) is 7.56. The quantitative estimate of drug-likeness (QED) is 0.804. The molecule has 0 bridgehead atoms. The van der Waals surface area contributed by atoms with Crippen LogP contribution in [0.1, 0.15) is 5.56 Å². The maximum atomic E-state index is 11.3. The van der Waals surface area contributed by atoms with E-state index in [9.17, 15) is 8.42 Å². The standard InChI is InChI=1S/C14H22N4O2S2/c19-22(20)8-1-14(12-22)15-9-13-10-16-18(11-13)3-2-17-4-6-21-7-5-17/h1,8,10-11,14-15H,2-7,9,12H2/t14-/m1/s1. The minimum Gasteiger partial charge on any atom is -0.305 e. The molecule has 0 unspecified atom stereocenters. The zero-order valence-electron chi connectivity index (χ0n) is 12.5. The van der Waals surface area contributed by atoms with Gasteiger partial charge in [-0.25, -0.2) is 8.42 Å². The van der Waals surface area contributed by atoms with Gasteiger partial charge >= 0.3 is 0 Å². The molecule has 1 fully saturated rings. The summed E-state index contributed by atoms with van der Waals surface area (Å²) in [5, 5.41) is 8.92. The van der Waals surface area contributed by atoms with E-state index < -0.39 is 9.84 Å². The summed E-state index contributed by atoms with van der Waals surface area (Å²) in [7, 11) is -2.99. The molecule has 0 saturated carbocycles. The lowest BCUT2D eigenvalue weighted by molar-refractivity contribution is 0.284. The summed E-state index contributed by atoms with van der Waals surface area (Å²) in [6.45, 7) is 4.93. The molecule has 8 heteroatoms. The highest BCUT2D eigenvalue weighted by Crippen LogP contribution is 2.10. The second-order valence-electron chi connectivity index (χ2n) is 5.71. The molecule has 2 aliphatic rings. The SMILES string of the molecule is O=S1(=O)C=C[C@@H](NCc2cnn(CCN3CCSCC3)c2)C1. The summed E-state index contributed by atoms with van der Waals surface area (Å²) in [4.78, 5) is 2.48. The minimum absolute atomic E-state index is 0.0841. The van der Waals surface area contributed by atoms with Gasteiger partial charge in [-0.2, -0.15) is 16.9 Å². The first-order valence-corrected chi connectivity index (χ1v) is 10.4. The maximum absolute atomic E-state index is 11.3. The molecule has 1 aromatic heterocycles. The Kier molecular flexibility index (Phi) is 5.22. The zero-order chi connectivity index (χ0) is 15.4. The lowest BCUT2D eigenvalue weighted by atomic mass is 10.3. The highest BCUT2D eigenvalue weighted by molar-refractivity contribution is 7.99. The van der Waals surface area contributed by atoms with E-state index in [2.05, 4.69) is 15.3 Å². The van der Waals surface area contributed by atoms with Crippen molar-refractivity contribution in [2.75, 3.05) is 36.9 Å². The number of aromatic nitrogens is 2. The third-order valence-electron chi connectivity index (χ3n) is 3.93. The largest absolute Gasteiger partial charge is 0.305 e. The Balaban J connectivity index is 1.42. The van der Waals surface area contributed by atoms with Crippen molar-refractivity contribution in [3.8, 4) is 0 Å². The number of hydrogen-bond donors (Lipinski definition) is 1. The van der Waals surface area contributed by atoms with Crippen LogP contribution in [0, 0.1) is 0 Å². The van der Waals surface area contributed by atoms with Crippen molar-refractivity contribution in [3.63, 3.8) is 0 Å². The van der Waals surface area contributed by atoms with E-state index in [1.807, 2.05) is 28.8 Å². The van der Waals surface area contributed by atoms with Crippen molar-refractivity contribution in [1.82, 2.24) is 20.0 Å². The Hall–Kier alpha value is -0.830. The summed E-state index contributed by atoms with van der Waals surface area (Å²) in [6, 6.07) is -0.0841. The molecule has 1 atom stereocenters. The molecule has 122 valence electrons. The van der Waals surface area contributed by atoms with E-state index in [-0.39, 0.29) is 11.8 Å². The Labute approximate surface area is 135 Å². The van der Waals surface area contributed by atoms with E-state index >= 15 is 0 Å². The predicted molar refractivity (Wildman–Crippen MR) is 89.5 cm³/mol. The van der Waals surface area contributed by atoms with Crippen molar-refractivity contribution in [3.05, 3.63) is 29.4 Å². The van der Waals surface area contributed by atoms with E-state index in [0.717, 1.165) is 18.7 Å². The fourth-order valence-corrected chi connectivity index (χ4v) is 4.89. The molecule has 1 N–H and O–H groups in total. The van der Waals surface area contributed by atoms with Crippen LogP contribution in [0.5, 0.6) is 0 Å². The Morgan fingerprint density at radius 2 is 2.14 bits per heavy atom. The fourth-order valence-electron chi connectivity index (χ4n) is 2.64. The van der Waals surface area contributed by atoms with Gasteiger partial charge in [0.25, 0.3) is 0 Å². The van der Waals surface area contributed by atoms with E-state index in [4.69, 9.17) is 0 Å². The van der Waals surface area contributed by atoms with E-state index in [1.54, 1.807) is 6.08 Å². The van der Waals surface area contributed by atoms with Crippen molar-refractivity contribution in [2.45, 2.75) is 19.1 Å². The van der Waals surface area contributed by atoms with Gasteiger partial charge in [0.2, 0.25) is 0 Å². The summed E-state index contributed by atoms with van der Waals surface area (Å²) >= 11 is 2.02. The van der Waals surface area contributed by atoms with Crippen molar-refractivity contribution < 1.29 is 8.42 Å². The summed E-state index contributed by atoms with van der Waals surface area (Å²) in [5.41, 5.74) is 1.09. The van der Waals surface area contributed by atoms with Gasteiger partial charge < -0.3 is 5.32 Å². The molecule has 22 heavy (non-hydrogen) atoms. The van der Waals surface area contributed by atoms with Gasteiger partial charge in [-0.3, -0.25) is 9.58 Å². The summed E-state index contributed by atoms with van der Waals surface area (Å²) in [5.74, 6) is 2.62. The Morgan fingerprint density at radius 1 is 1.32 bits per heavy atom. The molecular formula is C14H22N4O2S2. The maximum Gasteiger partial charge on any atom is 0.173 e. The fraction of sp³-hybridized carbons (Fsp3) is 0.643. The molecule has 3 heterocycles. The Morgan fingerprint density at radius 3 is 2.86 bits per heavy atom. The van der Waals surface area contributed by atoms with Crippen LogP contribution in [0.25, 0.3) is 0 Å². The van der Waals surface area contributed by atoms with Crippen LogP contribution in [0.15, 0.2) is 23.9 Å². The second kappa shape index (κ2) is 7.16. The van der Waals surface area contributed by atoms with Crippen LogP contribution in [0.4, 0.5) is 0 Å². The number of sulfone groups is 1. The molecule has 0 amide bonds. The van der Waals surface area contributed by atoms with Gasteiger partial charge in [0, 0.05) is 60.9 Å². The number of thioether (sulfide) groups is 1. The molecule has 0 aromatic carbocycles. The average molecular weight is 342 g/mol. The monoisotopic (exact) mass is 342 g/mol. The molecule has 0 radical (unpaired) electrons. The molecule has 0 spiro atoms. The first-order chi connectivity index (χ1) is 10.6. The number of hydrogen-bond acceptors (Lipinski definition) is 6. The molecule has 0 aliphatic carbocycles. The molecule has 3 rings (SSSR count). The topological polar surface area (TPSA) is 67.2 Å². The van der Waals surface area contributed by atoms with Gasteiger partial charge in [0.05, 0.1) is 18.5 Å². The van der Waals surface area contributed by atoms with E-state index in [1.165, 1.54) is 30.0 Å². The molecule has 1 aromatic rings. The smallest absolute Gasteiger partial charge is 0.173 e. The van der Waals surface area contributed by atoms with E-state index in [0.29, 0.717) is 6.54 Å². The lowest BCUT2D eigenvalue weighted by Gasteiger charge is -2.25. The molecule has 1 saturated heterocycles. The first kappa shape index (κ1) is 16.0. The van der Waals surface area contributed by atoms with Crippen molar-refractivity contribution in [1.29, 1.82) is 0 Å². The second-order valence-corrected chi connectivity index (χ2v) is 8.87. The van der Waals surface area contributed by atoms with Crippen LogP contribution in [0.2, 0.25) is 0 Å². The van der Waals surface area contributed by atoms with Crippen molar-refractivity contribution in [2.24, 2.45) is 0 Å². The highest BCUT2D eigenvalue weighted by atomic mass is 32.2. The van der Waals surface area contributed by atoms with Gasteiger partial charge in [-0.05, 0) is 0 Å². The summed E-state index contributed by atoms with van der Waals surface area (Å²) < 4.78 is 24.7. The van der Waals surface area contributed by atoms with Crippen LogP contribution in [-0.4, -0.2) is 66.0 Å². The molecule has 2 aliphatic heterocycles. The predicted octanol–water partition coefficient (Wildman–Crippen LogP) is 0.332. The normalized spacial score (nSPS) is 24.8. The summed E-state index contributed by atoms with van der Waals surface area (Å²) in [6.07, 6.45) is 5.61. The average Bonchev–Trinajstić information content (AvgIpc) is 3.10. The third kappa shape index (κ3) is 4.58. The van der Waals surface area contributed by atoms with Crippen LogP contribution in [-0.2, 0) is 22.9 Å². The van der Waals surface area contributed by atoms with Crippen LogP contribution < -0.4 is 5.32 Å². The van der Waals surface area contributed by atoms with Gasteiger partial charge in [-0.15, -0.1) is 0 Å². The van der Waals surface area contributed by atoms with Gasteiger partial charge in [0.15, 0.2) is 9.84 Å². The lowest BCUT2D eigenvalue weighted by Crippen LogP contribution is -2.35. The molecular weight excluding hydrogens is 320 g/mol. The zero-order valence-corrected chi connectivity index (χ0v) is 14.2. The number of rotatable bonds is 6. The van der Waals surface area contributed by atoms with Crippen LogP contribution >= 0.6 is 11.8 Å². The molecule has 6 nitrogen and oxygen atoms in total. The van der Waals surface area contributed by atoms with Crippen LogP contribution in [0.3, 0.4) is 0 Å².